The Morgan fingerprint density at radius 2 is 2.00 bits per heavy atom. The Morgan fingerprint density at radius 3 is 2.74 bits per heavy atom. The Bertz CT molecular complexity index is 941. The maximum atomic E-state index is 13.2. The Labute approximate surface area is 160 Å². The fraction of sp³-hybridized carbons (Fsp3) is 0.350. The second-order valence-electron chi connectivity index (χ2n) is 6.43. The minimum absolute atomic E-state index is 0.0839. The summed E-state index contributed by atoms with van der Waals surface area (Å²) < 4.78 is 33.0. The van der Waals surface area contributed by atoms with Gasteiger partial charge in [-0.05, 0) is 42.7 Å². The van der Waals surface area contributed by atoms with Crippen LogP contribution in [0.5, 0.6) is 5.75 Å². The number of fused-ring (bicyclic) bond motifs is 1. The maximum Gasteiger partial charge on any atom is 0.264 e. The highest BCUT2D eigenvalue weighted by Crippen LogP contribution is 2.33. The van der Waals surface area contributed by atoms with Gasteiger partial charge < -0.3 is 10.1 Å². The van der Waals surface area contributed by atoms with Crippen LogP contribution in [0.1, 0.15) is 35.7 Å². The SMILES string of the molecule is CCCCNC(=O)c1cc(S(=O)(=O)N2CCc3ccccc32)ccc1OC. The Balaban J connectivity index is 1.95. The van der Waals surface area contributed by atoms with Crippen molar-refractivity contribution in [3.63, 3.8) is 0 Å². The summed E-state index contributed by atoms with van der Waals surface area (Å²) in [7, 11) is -2.30. The lowest BCUT2D eigenvalue weighted by Gasteiger charge is -2.20. The van der Waals surface area contributed by atoms with E-state index >= 15 is 0 Å². The number of methoxy groups -OCH3 is 1. The van der Waals surface area contributed by atoms with E-state index in [0.29, 0.717) is 30.9 Å². The molecule has 1 aliphatic rings. The first kappa shape index (κ1) is 19.2. The standard InChI is InChI=1S/C20H24N2O4S/c1-3-4-12-21-20(23)17-14-16(9-10-19(17)26-2)27(24,25)22-13-11-15-7-5-6-8-18(15)22/h5-10,14H,3-4,11-13H2,1-2H3,(H,21,23). The van der Waals surface area contributed by atoms with Crippen LogP contribution in [0.3, 0.4) is 0 Å². The minimum Gasteiger partial charge on any atom is -0.496 e. The zero-order chi connectivity index (χ0) is 19.4. The molecular weight excluding hydrogens is 364 g/mol. The van der Waals surface area contributed by atoms with Gasteiger partial charge in [0.05, 0.1) is 23.3 Å². The molecule has 0 aromatic heterocycles. The first-order chi connectivity index (χ1) is 13.0. The number of benzene rings is 2. The largest absolute Gasteiger partial charge is 0.496 e. The van der Waals surface area contributed by atoms with Gasteiger partial charge in [-0.2, -0.15) is 0 Å². The third-order valence-electron chi connectivity index (χ3n) is 4.66. The van der Waals surface area contributed by atoms with Gasteiger partial charge in [-0.3, -0.25) is 9.10 Å². The van der Waals surface area contributed by atoms with Gasteiger partial charge in [-0.1, -0.05) is 31.5 Å². The quantitative estimate of drug-likeness (QED) is 0.740. The molecular formula is C20H24N2O4S. The van der Waals surface area contributed by atoms with E-state index in [2.05, 4.69) is 5.32 Å². The van der Waals surface area contributed by atoms with Gasteiger partial charge >= 0.3 is 0 Å². The molecule has 1 aliphatic heterocycles. The molecule has 0 atom stereocenters. The smallest absolute Gasteiger partial charge is 0.264 e. The van der Waals surface area contributed by atoms with Gasteiger partial charge in [0.15, 0.2) is 0 Å². The Kier molecular flexibility index (Phi) is 5.70. The summed E-state index contributed by atoms with van der Waals surface area (Å²) in [4.78, 5) is 12.6. The highest BCUT2D eigenvalue weighted by molar-refractivity contribution is 7.92. The number of para-hydroxylation sites is 1. The van der Waals surface area contributed by atoms with Crippen molar-refractivity contribution in [3.8, 4) is 5.75 Å². The second-order valence-corrected chi connectivity index (χ2v) is 8.29. The third-order valence-corrected chi connectivity index (χ3v) is 6.47. The molecule has 3 rings (SSSR count). The van der Waals surface area contributed by atoms with Crippen molar-refractivity contribution < 1.29 is 17.9 Å². The number of nitrogens with zero attached hydrogens (tertiary/aromatic N) is 1. The van der Waals surface area contributed by atoms with Crippen LogP contribution < -0.4 is 14.4 Å². The number of amides is 1. The van der Waals surface area contributed by atoms with Gasteiger partial charge in [0.2, 0.25) is 0 Å². The predicted octanol–water partition coefficient (Wildman–Crippen LogP) is 2.98. The summed E-state index contributed by atoms with van der Waals surface area (Å²) in [5, 5.41) is 2.81. The molecule has 0 fully saturated rings. The number of rotatable bonds is 7. The summed E-state index contributed by atoms with van der Waals surface area (Å²) >= 11 is 0. The van der Waals surface area contributed by atoms with Crippen molar-refractivity contribution in [3.05, 3.63) is 53.6 Å². The van der Waals surface area contributed by atoms with Crippen LogP contribution in [0.25, 0.3) is 0 Å². The van der Waals surface area contributed by atoms with E-state index in [-0.39, 0.29) is 16.4 Å². The maximum absolute atomic E-state index is 13.2. The van der Waals surface area contributed by atoms with Crippen LogP contribution in [-0.2, 0) is 16.4 Å². The molecule has 2 aromatic rings. The van der Waals surface area contributed by atoms with Crippen molar-refractivity contribution in [1.82, 2.24) is 5.32 Å². The minimum atomic E-state index is -3.76. The lowest BCUT2D eigenvalue weighted by Crippen LogP contribution is -2.30. The van der Waals surface area contributed by atoms with Crippen LogP contribution in [0, 0.1) is 0 Å². The highest BCUT2D eigenvalue weighted by Gasteiger charge is 2.31. The first-order valence-electron chi connectivity index (χ1n) is 9.06. The number of carbonyl (C=O) groups is 1. The first-order valence-corrected chi connectivity index (χ1v) is 10.5. The zero-order valence-corrected chi connectivity index (χ0v) is 16.4. The normalized spacial score (nSPS) is 13.3. The third kappa shape index (κ3) is 3.78. The van der Waals surface area contributed by atoms with Crippen LogP contribution in [0.4, 0.5) is 5.69 Å². The molecule has 1 heterocycles. The van der Waals surface area contributed by atoms with Gasteiger partial charge in [0.25, 0.3) is 15.9 Å². The van der Waals surface area contributed by atoms with Crippen molar-refractivity contribution in [2.45, 2.75) is 31.1 Å². The summed E-state index contributed by atoms with van der Waals surface area (Å²) in [6.07, 6.45) is 2.49. The molecule has 0 radical (unpaired) electrons. The van der Waals surface area contributed by atoms with Crippen LogP contribution >= 0.6 is 0 Å². The monoisotopic (exact) mass is 388 g/mol. The second kappa shape index (κ2) is 8.00. The predicted molar refractivity (Wildman–Crippen MR) is 105 cm³/mol. The van der Waals surface area contributed by atoms with Gasteiger partial charge in [-0.25, -0.2) is 8.42 Å². The lowest BCUT2D eigenvalue weighted by atomic mass is 10.2. The topological polar surface area (TPSA) is 75.7 Å². The zero-order valence-electron chi connectivity index (χ0n) is 15.6. The number of anilines is 1. The number of hydrogen-bond acceptors (Lipinski definition) is 4. The molecule has 1 amide bonds. The van der Waals surface area contributed by atoms with Crippen molar-refractivity contribution in [2.24, 2.45) is 0 Å². The van der Waals surface area contributed by atoms with E-state index in [1.54, 1.807) is 0 Å². The Morgan fingerprint density at radius 1 is 1.22 bits per heavy atom. The summed E-state index contributed by atoms with van der Waals surface area (Å²) in [5.74, 6) is 0.0175. The van der Waals surface area contributed by atoms with E-state index in [0.717, 1.165) is 18.4 Å². The summed E-state index contributed by atoms with van der Waals surface area (Å²) in [6, 6.07) is 11.9. The molecule has 0 spiro atoms. The molecule has 1 N–H and O–H groups in total. The molecule has 0 bridgehead atoms. The molecule has 0 unspecified atom stereocenters. The summed E-state index contributed by atoms with van der Waals surface area (Å²) in [5.41, 5.74) is 1.93. The van der Waals surface area contributed by atoms with Gasteiger partial charge in [0.1, 0.15) is 5.75 Å². The van der Waals surface area contributed by atoms with Crippen molar-refractivity contribution in [1.29, 1.82) is 0 Å². The molecule has 2 aromatic carbocycles. The molecule has 6 nitrogen and oxygen atoms in total. The number of hydrogen-bond donors (Lipinski definition) is 1. The van der Waals surface area contributed by atoms with Gasteiger partial charge in [0, 0.05) is 13.1 Å². The average molecular weight is 388 g/mol. The van der Waals surface area contributed by atoms with Crippen LogP contribution in [-0.4, -0.2) is 34.5 Å². The van der Waals surface area contributed by atoms with Crippen molar-refractivity contribution >= 4 is 21.6 Å². The van der Waals surface area contributed by atoms with Crippen LogP contribution in [0.15, 0.2) is 47.4 Å². The summed E-state index contributed by atoms with van der Waals surface area (Å²) in [6.45, 7) is 2.97. The lowest BCUT2D eigenvalue weighted by molar-refractivity contribution is 0.0950. The molecule has 0 saturated heterocycles. The van der Waals surface area contributed by atoms with E-state index in [1.807, 2.05) is 31.2 Å². The van der Waals surface area contributed by atoms with E-state index in [1.165, 1.54) is 29.6 Å². The Hall–Kier alpha value is -2.54. The van der Waals surface area contributed by atoms with Crippen molar-refractivity contribution in [2.75, 3.05) is 24.5 Å². The molecule has 0 saturated carbocycles. The molecule has 7 heteroatoms. The number of ether oxygens (including phenoxy) is 1. The van der Waals surface area contributed by atoms with E-state index < -0.39 is 10.0 Å². The number of unbranched alkanes of at least 4 members (excludes halogenated alkanes) is 1. The van der Waals surface area contributed by atoms with Gasteiger partial charge in [-0.15, -0.1) is 0 Å². The number of carbonyl (C=O) groups excluding carboxylic acids is 1. The fourth-order valence-corrected chi connectivity index (χ4v) is 4.71. The molecule has 144 valence electrons. The highest BCUT2D eigenvalue weighted by atomic mass is 32.2. The number of sulfonamides is 1. The fourth-order valence-electron chi connectivity index (χ4n) is 3.18. The van der Waals surface area contributed by atoms with E-state index in [4.69, 9.17) is 4.74 Å². The molecule has 0 aliphatic carbocycles. The number of nitrogens with one attached hydrogen (secondary N) is 1. The van der Waals surface area contributed by atoms with E-state index in [9.17, 15) is 13.2 Å². The molecule has 27 heavy (non-hydrogen) atoms. The van der Waals surface area contributed by atoms with Crippen LogP contribution in [0.2, 0.25) is 0 Å². The average Bonchev–Trinajstić information content (AvgIpc) is 3.12.